The molecule has 0 heterocycles. The Labute approximate surface area is 112 Å². The Balaban J connectivity index is 3.69. The van der Waals surface area contributed by atoms with Gasteiger partial charge >= 0.3 is 0 Å². The van der Waals surface area contributed by atoms with E-state index in [-0.39, 0.29) is 29.5 Å². The van der Waals surface area contributed by atoms with Crippen LogP contribution in [-0.4, -0.2) is 24.5 Å². The maximum absolute atomic E-state index is 11.8. The van der Waals surface area contributed by atoms with E-state index >= 15 is 0 Å². The third kappa shape index (κ3) is 3.08. The maximum Gasteiger partial charge on any atom is 0.163 e. The standard InChI is InChI=1S/C15H18O4/c1-8-6-12(7-9(2)16)14(11(4)18)15(19-5)13(8)10(3)17/h6H,7H2,1-5H3. The Hall–Kier alpha value is -1.97. The quantitative estimate of drug-likeness (QED) is 0.765. The summed E-state index contributed by atoms with van der Waals surface area (Å²) in [6.07, 6.45) is 0.157. The van der Waals surface area contributed by atoms with Crippen molar-refractivity contribution in [2.24, 2.45) is 0 Å². The van der Waals surface area contributed by atoms with E-state index < -0.39 is 0 Å². The van der Waals surface area contributed by atoms with Crippen LogP contribution in [0.4, 0.5) is 0 Å². The molecule has 0 radical (unpaired) electrons. The Morgan fingerprint density at radius 1 is 1.05 bits per heavy atom. The summed E-state index contributed by atoms with van der Waals surface area (Å²) in [6.45, 7) is 6.07. The molecule has 0 amide bonds. The number of methoxy groups -OCH3 is 1. The van der Waals surface area contributed by atoms with Crippen LogP contribution in [0.15, 0.2) is 6.07 Å². The van der Waals surface area contributed by atoms with Crippen molar-refractivity contribution >= 4 is 17.3 Å². The summed E-state index contributed by atoms with van der Waals surface area (Å²) in [6, 6.07) is 1.72. The SMILES string of the molecule is COc1c(C(C)=O)c(C)cc(CC(C)=O)c1C(C)=O. The molecule has 4 heteroatoms. The lowest BCUT2D eigenvalue weighted by Gasteiger charge is -2.16. The molecule has 0 aromatic heterocycles. The maximum atomic E-state index is 11.8. The fourth-order valence-electron chi connectivity index (χ4n) is 2.29. The minimum Gasteiger partial charge on any atom is -0.495 e. The highest BCUT2D eigenvalue weighted by Crippen LogP contribution is 2.31. The first kappa shape index (κ1) is 15.1. The highest BCUT2D eigenvalue weighted by molar-refractivity contribution is 6.06. The van der Waals surface area contributed by atoms with Gasteiger partial charge in [-0.05, 0) is 38.8 Å². The van der Waals surface area contributed by atoms with E-state index in [0.717, 1.165) is 0 Å². The molecule has 0 saturated carbocycles. The molecule has 0 unspecified atom stereocenters. The van der Waals surface area contributed by atoms with Gasteiger partial charge < -0.3 is 4.74 Å². The van der Waals surface area contributed by atoms with Crippen LogP contribution in [0.1, 0.15) is 52.6 Å². The molecule has 1 aromatic rings. The largest absolute Gasteiger partial charge is 0.495 e. The number of aryl methyl sites for hydroxylation is 1. The molecular weight excluding hydrogens is 244 g/mol. The van der Waals surface area contributed by atoms with Crippen molar-refractivity contribution in [1.82, 2.24) is 0 Å². The van der Waals surface area contributed by atoms with Crippen LogP contribution in [0, 0.1) is 6.92 Å². The number of benzene rings is 1. The summed E-state index contributed by atoms with van der Waals surface area (Å²) in [5.41, 5.74) is 2.05. The second-order valence-electron chi connectivity index (χ2n) is 4.63. The van der Waals surface area contributed by atoms with E-state index in [1.807, 2.05) is 0 Å². The van der Waals surface area contributed by atoms with Crippen LogP contribution in [0.3, 0.4) is 0 Å². The molecule has 4 nitrogen and oxygen atoms in total. The molecule has 0 aliphatic carbocycles. The number of hydrogen-bond donors (Lipinski definition) is 0. The average molecular weight is 262 g/mol. The van der Waals surface area contributed by atoms with E-state index in [1.165, 1.54) is 27.9 Å². The van der Waals surface area contributed by atoms with Crippen LogP contribution >= 0.6 is 0 Å². The van der Waals surface area contributed by atoms with Gasteiger partial charge in [0.15, 0.2) is 11.6 Å². The highest BCUT2D eigenvalue weighted by atomic mass is 16.5. The van der Waals surface area contributed by atoms with E-state index in [1.54, 1.807) is 13.0 Å². The smallest absolute Gasteiger partial charge is 0.163 e. The van der Waals surface area contributed by atoms with Gasteiger partial charge in [-0.2, -0.15) is 0 Å². The Morgan fingerprint density at radius 3 is 1.95 bits per heavy atom. The molecule has 1 rings (SSSR count). The van der Waals surface area contributed by atoms with E-state index in [0.29, 0.717) is 22.3 Å². The van der Waals surface area contributed by atoms with Gasteiger partial charge in [-0.15, -0.1) is 0 Å². The molecule has 0 spiro atoms. The molecule has 0 atom stereocenters. The molecule has 102 valence electrons. The Kier molecular flexibility index (Phi) is 4.59. The predicted octanol–water partition coefficient (Wildman–Crippen LogP) is 2.54. The zero-order chi connectivity index (χ0) is 14.7. The number of ketones is 3. The van der Waals surface area contributed by atoms with Gasteiger partial charge in [-0.1, -0.05) is 6.07 Å². The lowest BCUT2D eigenvalue weighted by atomic mass is 9.91. The summed E-state index contributed by atoms with van der Waals surface area (Å²) in [5.74, 6) is -0.141. The van der Waals surface area contributed by atoms with Gasteiger partial charge in [0.05, 0.1) is 18.2 Å². The van der Waals surface area contributed by atoms with Crippen molar-refractivity contribution in [3.63, 3.8) is 0 Å². The first-order valence-electron chi connectivity index (χ1n) is 6.01. The highest BCUT2D eigenvalue weighted by Gasteiger charge is 2.22. The first-order chi connectivity index (χ1) is 8.79. The van der Waals surface area contributed by atoms with Crippen molar-refractivity contribution in [3.05, 3.63) is 28.3 Å². The third-order valence-corrected chi connectivity index (χ3v) is 2.91. The molecule has 1 aromatic carbocycles. The normalized spacial score (nSPS) is 10.2. The van der Waals surface area contributed by atoms with Crippen molar-refractivity contribution < 1.29 is 19.1 Å². The van der Waals surface area contributed by atoms with Crippen molar-refractivity contribution in [2.45, 2.75) is 34.1 Å². The molecule has 0 N–H and O–H groups in total. The Morgan fingerprint density at radius 2 is 1.58 bits per heavy atom. The van der Waals surface area contributed by atoms with E-state index in [4.69, 9.17) is 4.74 Å². The fraction of sp³-hybridized carbons (Fsp3) is 0.400. The number of carbonyl (C=O) groups is 3. The summed E-state index contributed by atoms with van der Waals surface area (Å²) in [4.78, 5) is 34.8. The molecule has 0 saturated heterocycles. The zero-order valence-corrected chi connectivity index (χ0v) is 11.9. The van der Waals surface area contributed by atoms with Crippen molar-refractivity contribution in [1.29, 1.82) is 0 Å². The van der Waals surface area contributed by atoms with Crippen LogP contribution < -0.4 is 4.74 Å². The monoisotopic (exact) mass is 262 g/mol. The topological polar surface area (TPSA) is 60.4 Å². The first-order valence-corrected chi connectivity index (χ1v) is 6.01. The lowest BCUT2D eigenvalue weighted by molar-refractivity contribution is -0.116. The molecule has 0 bridgehead atoms. The molecule has 0 aliphatic heterocycles. The molecule has 0 aliphatic rings. The van der Waals surface area contributed by atoms with Crippen molar-refractivity contribution in [2.75, 3.05) is 7.11 Å². The van der Waals surface area contributed by atoms with Crippen LogP contribution in [-0.2, 0) is 11.2 Å². The van der Waals surface area contributed by atoms with Gasteiger partial charge in [0.1, 0.15) is 11.5 Å². The van der Waals surface area contributed by atoms with Crippen LogP contribution in [0.5, 0.6) is 5.75 Å². The van der Waals surface area contributed by atoms with Gasteiger partial charge in [0, 0.05) is 6.42 Å². The number of Topliss-reactive ketones (excluding diaryl/α,β-unsaturated/α-hetero) is 3. The van der Waals surface area contributed by atoms with Crippen LogP contribution in [0.2, 0.25) is 0 Å². The Bertz CT molecular complexity index is 556. The van der Waals surface area contributed by atoms with Crippen molar-refractivity contribution in [3.8, 4) is 5.75 Å². The number of rotatable bonds is 5. The van der Waals surface area contributed by atoms with E-state index in [2.05, 4.69) is 0 Å². The summed E-state index contributed by atoms with van der Waals surface area (Å²) in [5, 5.41) is 0. The zero-order valence-electron chi connectivity index (χ0n) is 11.9. The van der Waals surface area contributed by atoms with Gasteiger partial charge in [0.25, 0.3) is 0 Å². The van der Waals surface area contributed by atoms with Gasteiger partial charge in [-0.3, -0.25) is 14.4 Å². The fourth-order valence-corrected chi connectivity index (χ4v) is 2.29. The lowest BCUT2D eigenvalue weighted by Crippen LogP contribution is -2.12. The second kappa shape index (κ2) is 5.78. The van der Waals surface area contributed by atoms with Gasteiger partial charge in [-0.25, -0.2) is 0 Å². The number of hydrogen-bond acceptors (Lipinski definition) is 4. The number of carbonyl (C=O) groups excluding carboxylic acids is 3. The minimum absolute atomic E-state index is 0.0421. The second-order valence-corrected chi connectivity index (χ2v) is 4.63. The summed E-state index contributed by atoms with van der Waals surface area (Å²) in [7, 11) is 1.42. The minimum atomic E-state index is -0.212. The molecule has 0 fully saturated rings. The van der Waals surface area contributed by atoms with Gasteiger partial charge in [0.2, 0.25) is 0 Å². The summed E-state index contributed by atoms with van der Waals surface area (Å²) >= 11 is 0. The van der Waals surface area contributed by atoms with Crippen LogP contribution in [0.25, 0.3) is 0 Å². The third-order valence-electron chi connectivity index (χ3n) is 2.91. The average Bonchev–Trinajstić information content (AvgIpc) is 2.25. The number of ether oxygens (including phenoxy) is 1. The molecular formula is C15H18O4. The molecule has 19 heavy (non-hydrogen) atoms. The summed E-state index contributed by atoms with van der Waals surface area (Å²) < 4.78 is 5.25. The van der Waals surface area contributed by atoms with E-state index in [9.17, 15) is 14.4 Å². The predicted molar refractivity (Wildman–Crippen MR) is 72.1 cm³/mol.